The topological polar surface area (TPSA) is 161 Å². The van der Waals surface area contributed by atoms with E-state index in [1.54, 1.807) is 11.9 Å². The zero-order valence-corrected chi connectivity index (χ0v) is 21.4. The third-order valence-electron chi connectivity index (χ3n) is 6.97. The molecule has 0 bridgehead atoms. The van der Waals surface area contributed by atoms with Crippen molar-refractivity contribution in [2.45, 2.75) is 32.2 Å². The van der Waals surface area contributed by atoms with Gasteiger partial charge in [-0.25, -0.2) is 25.4 Å². The molecule has 3 aliphatic heterocycles. The number of hydrogen-bond donors (Lipinski definition) is 4. The molecule has 1 amide bonds. The number of aromatic amines is 1. The predicted molar refractivity (Wildman–Crippen MR) is 143 cm³/mol. The number of hydrazine groups is 1. The van der Waals surface area contributed by atoms with Gasteiger partial charge in [0.25, 0.3) is 11.7 Å². The van der Waals surface area contributed by atoms with E-state index in [1.165, 1.54) is 37.1 Å². The molecule has 2 unspecified atom stereocenters. The molecule has 6 rings (SSSR count). The molecule has 0 saturated carbocycles. The number of fused-ring (bicyclic) bond motifs is 2. The third-order valence-corrected chi connectivity index (χ3v) is 6.97. The minimum atomic E-state index is -0.720. The number of nitrogens with one attached hydrogen (secondary N) is 3. The summed E-state index contributed by atoms with van der Waals surface area (Å²) in [6.45, 7) is 2.92. The molecule has 13 heteroatoms. The van der Waals surface area contributed by atoms with Crippen molar-refractivity contribution in [3.05, 3.63) is 59.5 Å². The highest BCUT2D eigenvalue weighted by molar-refractivity contribution is 6.45. The number of hydrogen-bond acceptors (Lipinski definition) is 11. The number of aliphatic hydroxyl groups excluding tert-OH is 1. The molecular weight excluding hydrogens is 502 g/mol. The average Bonchev–Trinajstić information content (AvgIpc) is 3.64. The summed E-state index contributed by atoms with van der Waals surface area (Å²) in [7, 11) is 1.48. The first kappa shape index (κ1) is 24.7. The summed E-state index contributed by atoms with van der Waals surface area (Å²) in [5, 5.41) is 15.2. The van der Waals surface area contributed by atoms with E-state index in [9.17, 15) is 14.7 Å². The Hall–Kier alpha value is -4.62. The van der Waals surface area contributed by atoms with Gasteiger partial charge >= 0.3 is 0 Å². The summed E-state index contributed by atoms with van der Waals surface area (Å²) in [5.74, 6) is -0.532. The number of ether oxygens (including phenoxy) is 1. The van der Waals surface area contributed by atoms with Crippen molar-refractivity contribution in [1.29, 1.82) is 0 Å². The van der Waals surface area contributed by atoms with Crippen molar-refractivity contribution in [2.24, 2.45) is 4.99 Å². The van der Waals surface area contributed by atoms with Gasteiger partial charge in [-0.15, -0.1) is 0 Å². The number of methoxy groups -OCH3 is 1. The molecule has 3 aromatic rings. The quantitative estimate of drug-likeness (QED) is 0.264. The highest BCUT2D eigenvalue weighted by Gasteiger charge is 2.32. The van der Waals surface area contributed by atoms with Crippen molar-refractivity contribution >= 4 is 40.4 Å². The summed E-state index contributed by atoms with van der Waals surface area (Å²) in [5.41, 5.74) is 7.14. The Balaban J connectivity index is 1.28. The van der Waals surface area contributed by atoms with Gasteiger partial charge in [0, 0.05) is 24.8 Å². The van der Waals surface area contributed by atoms with Crippen molar-refractivity contribution in [3.8, 4) is 5.75 Å². The van der Waals surface area contributed by atoms with Gasteiger partial charge in [-0.1, -0.05) is 12.2 Å². The Bertz CT molecular complexity index is 1560. The van der Waals surface area contributed by atoms with E-state index in [-0.39, 0.29) is 12.1 Å². The molecule has 0 fully saturated rings. The second-order valence-corrected chi connectivity index (χ2v) is 9.39. The Morgan fingerprint density at radius 2 is 2.13 bits per heavy atom. The molecule has 6 heterocycles. The van der Waals surface area contributed by atoms with Gasteiger partial charge in [0.2, 0.25) is 0 Å². The average molecular weight is 530 g/mol. The normalized spacial score (nSPS) is 19.1. The number of anilines is 1. The van der Waals surface area contributed by atoms with Gasteiger partial charge in [0.05, 0.1) is 59.5 Å². The van der Waals surface area contributed by atoms with Crippen molar-refractivity contribution < 1.29 is 19.4 Å². The van der Waals surface area contributed by atoms with Crippen LogP contribution in [0.5, 0.6) is 5.75 Å². The van der Waals surface area contributed by atoms with E-state index in [0.29, 0.717) is 35.4 Å². The van der Waals surface area contributed by atoms with Crippen molar-refractivity contribution in [2.75, 3.05) is 25.2 Å². The molecule has 13 nitrogen and oxygen atoms in total. The second-order valence-electron chi connectivity index (χ2n) is 9.39. The van der Waals surface area contributed by atoms with Crippen LogP contribution in [0.3, 0.4) is 0 Å². The smallest absolute Gasteiger partial charge is 0.295 e. The zero-order chi connectivity index (χ0) is 27.1. The predicted octanol–water partition coefficient (Wildman–Crippen LogP) is 0.689. The molecule has 0 aromatic carbocycles. The summed E-state index contributed by atoms with van der Waals surface area (Å²) >= 11 is 0. The number of carbonyl (C=O) groups excluding carboxylic acids is 2. The van der Waals surface area contributed by atoms with Crippen LogP contribution in [-0.4, -0.2) is 80.4 Å². The first-order valence-electron chi connectivity index (χ1n) is 12.5. The number of H-pyrrole nitrogens is 1. The number of dihydropyridines is 1. The molecule has 200 valence electrons. The molecule has 39 heavy (non-hydrogen) atoms. The number of Topliss-reactive ketones (excluding diaryl/α,β-unsaturated/α-hetero) is 1. The number of ketones is 1. The maximum absolute atomic E-state index is 13.6. The molecule has 0 spiro atoms. The second kappa shape index (κ2) is 9.93. The van der Waals surface area contributed by atoms with Crippen LogP contribution in [0.25, 0.3) is 16.6 Å². The van der Waals surface area contributed by atoms with E-state index < -0.39 is 24.0 Å². The lowest BCUT2D eigenvalue weighted by atomic mass is 9.99. The van der Waals surface area contributed by atoms with E-state index in [4.69, 9.17) is 4.74 Å². The minimum absolute atomic E-state index is 0.177. The lowest BCUT2D eigenvalue weighted by Crippen LogP contribution is -2.42. The molecular formula is C26H27N9O4. The van der Waals surface area contributed by atoms with Crippen LogP contribution in [-0.2, 0) is 17.8 Å². The molecule has 3 aromatic heterocycles. The maximum Gasteiger partial charge on any atom is 0.295 e. The van der Waals surface area contributed by atoms with Crippen LogP contribution < -0.4 is 20.5 Å². The molecule has 2 atom stereocenters. The van der Waals surface area contributed by atoms with Gasteiger partial charge in [-0.2, -0.15) is 0 Å². The first-order valence-corrected chi connectivity index (χ1v) is 12.5. The van der Waals surface area contributed by atoms with Crippen molar-refractivity contribution in [3.63, 3.8) is 0 Å². The number of nitrogens with zero attached hydrogens (tertiary/aromatic N) is 6. The zero-order valence-electron chi connectivity index (χ0n) is 21.4. The van der Waals surface area contributed by atoms with E-state index >= 15 is 0 Å². The SMILES string of the molecule is COc1cnc(N2C=NC(C(C)O)N2)c2[nH]cc(C(=O)C(=O)N3CCc4c(ncnc4C4=CC=CCN4)C3)c12. The van der Waals surface area contributed by atoms with Gasteiger partial charge in [0.15, 0.2) is 5.82 Å². The minimum Gasteiger partial charge on any atom is -0.494 e. The largest absolute Gasteiger partial charge is 0.494 e. The number of allylic oxidation sites excluding steroid dienone is 2. The number of rotatable bonds is 6. The van der Waals surface area contributed by atoms with Crippen LogP contribution in [0.1, 0.15) is 34.2 Å². The number of pyridine rings is 1. The Morgan fingerprint density at radius 3 is 2.87 bits per heavy atom. The number of aliphatic imine (C=N–C) groups is 1. The molecule has 0 saturated heterocycles. The Labute approximate surface area is 223 Å². The van der Waals surface area contributed by atoms with Gasteiger partial charge in [-0.05, 0) is 19.4 Å². The summed E-state index contributed by atoms with van der Waals surface area (Å²) in [6.07, 6.45) is 11.2. The van der Waals surface area contributed by atoms with Gasteiger partial charge in [-0.3, -0.25) is 14.6 Å². The van der Waals surface area contributed by atoms with Gasteiger partial charge < -0.3 is 25.0 Å². The van der Waals surface area contributed by atoms with Crippen LogP contribution in [0.15, 0.2) is 41.9 Å². The molecule has 0 radical (unpaired) electrons. The fraction of sp³-hybridized carbons (Fsp3) is 0.308. The molecule has 3 aliphatic rings. The van der Waals surface area contributed by atoms with Crippen molar-refractivity contribution in [1.82, 2.24) is 35.6 Å². The summed E-state index contributed by atoms with van der Waals surface area (Å²) < 4.78 is 5.49. The Kier molecular flexibility index (Phi) is 6.29. The van der Waals surface area contributed by atoms with Gasteiger partial charge in [0.1, 0.15) is 24.6 Å². The van der Waals surface area contributed by atoms with Crippen LogP contribution >= 0.6 is 0 Å². The van der Waals surface area contributed by atoms with E-state index in [0.717, 1.165) is 29.2 Å². The Morgan fingerprint density at radius 1 is 1.26 bits per heavy atom. The standard InChI is InChI=1S/C26H27N9O4/c1-14(36)24-32-13-35(33-24)25-22-20(19(39-2)10-29-25)16(9-28-22)23(37)26(38)34-8-6-15-18(11-34)30-12-31-21(15)17-5-3-4-7-27-17/h3-5,9-10,12-14,24,27-28,33,36H,6-8,11H2,1-2H3. The van der Waals surface area contributed by atoms with Crippen LogP contribution in [0.2, 0.25) is 0 Å². The van der Waals surface area contributed by atoms with Crippen LogP contribution in [0.4, 0.5) is 5.82 Å². The number of aromatic nitrogens is 4. The summed E-state index contributed by atoms with van der Waals surface area (Å²) in [4.78, 5) is 49.1. The van der Waals surface area contributed by atoms with Crippen LogP contribution in [0, 0.1) is 0 Å². The van der Waals surface area contributed by atoms with E-state index in [1.807, 2.05) is 18.2 Å². The number of amides is 1. The fourth-order valence-corrected chi connectivity index (χ4v) is 4.96. The molecule has 0 aliphatic carbocycles. The fourth-order valence-electron chi connectivity index (χ4n) is 4.96. The monoisotopic (exact) mass is 529 g/mol. The maximum atomic E-state index is 13.6. The number of carbonyl (C=O) groups is 2. The lowest BCUT2D eigenvalue weighted by molar-refractivity contribution is -0.127. The van der Waals surface area contributed by atoms with E-state index in [2.05, 4.69) is 35.7 Å². The lowest BCUT2D eigenvalue weighted by Gasteiger charge is -2.29. The molecule has 4 N–H and O–H groups in total. The highest BCUT2D eigenvalue weighted by Crippen LogP contribution is 2.34. The number of aliphatic hydroxyl groups is 1. The highest BCUT2D eigenvalue weighted by atomic mass is 16.5. The summed E-state index contributed by atoms with van der Waals surface area (Å²) in [6, 6.07) is 0. The third kappa shape index (κ3) is 4.30. The first-order chi connectivity index (χ1) is 19.0.